The molecule has 1 N–H and O–H groups in total. The molecule has 0 radical (unpaired) electrons. The SMILES string of the molecule is Brc1cc(Br)c2nonc2c1.C1CCOCC1.COc1ccc(CO)cc1.COc1ccc(COc2cc(Br)cc3nonc23)cc1.COc1ccc(COc2cc(N3CCOCC3)cc3nonc23)cc1. The van der Waals surface area contributed by atoms with Crippen molar-refractivity contribution in [1.29, 1.82) is 0 Å². The highest BCUT2D eigenvalue weighted by molar-refractivity contribution is 9.11. The van der Waals surface area contributed by atoms with Crippen molar-refractivity contribution in [3.63, 3.8) is 0 Å². The van der Waals surface area contributed by atoms with Crippen LogP contribution in [-0.4, -0.2) is 96.9 Å². The molecule has 0 spiro atoms. The fraction of sp³-hybridized carbons (Fsp3) is 0.294. The molecule has 0 unspecified atom stereocenters. The van der Waals surface area contributed by atoms with Gasteiger partial charge in [0, 0.05) is 47.0 Å². The van der Waals surface area contributed by atoms with Crippen molar-refractivity contribution in [3.8, 4) is 28.7 Å². The normalized spacial score (nSPS) is 13.0. The molecule has 378 valence electrons. The molecule has 2 saturated heterocycles. The smallest absolute Gasteiger partial charge is 0.177 e. The molecule has 5 heterocycles. The Morgan fingerprint density at radius 2 is 0.917 bits per heavy atom. The molecule has 11 rings (SSSR count). The number of aromatic nitrogens is 6. The number of aliphatic hydroxyl groups excluding tert-OH is 1. The van der Waals surface area contributed by atoms with Gasteiger partial charge in [-0.25, -0.2) is 13.9 Å². The second kappa shape index (κ2) is 28.0. The zero-order chi connectivity index (χ0) is 50.5. The van der Waals surface area contributed by atoms with Gasteiger partial charge >= 0.3 is 0 Å². The molecular weight excluding hydrogens is 1130 g/mol. The predicted molar refractivity (Wildman–Crippen MR) is 280 cm³/mol. The van der Waals surface area contributed by atoms with E-state index in [1.165, 1.54) is 19.3 Å². The monoisotopic (exact) mass is 1180 g/mol. The van der Waals surface area contributed by atoms with Crippen LogP contribution in [0, 0.1) is 0 Å². The van der Waals surface area contributed by atoms with E-state index in [1.807, 2.05) is 109 Å². The summed E-state index contributed by atoms with van der Waals surface area (Å²) in [5, 5.41) is 31.7. The van der Waals surface area contributed by atoms with Gasteiger partial charge in [0.2, 0.25) is 0 Å². The van der Waals surface area contributed by atoms with Gasteiger partial charge in [-0.05, 0) is 150 Å². The Hall–Kier alpha value is -6.36. The molecule has 0 amide bonds. The summed E-state index contributed by atoms with van der Waals surface area (Å²) in [5.41, 5.74) is 8.10. The van der Waals surface area contributed by atoms with Crippen LogP contribution in [0.25, 0.3) is 33.1 Å². The molecule has 2 aliphatic rings. The first kappa shape index (κ1) is 53.4. The minimum Gasteiger partial charge on any atom is -0.497 e. The highest BCUT2D eigenvalue weighted by atomic mass is 79.9. The fourth-order valence-corrected chi connectivity index (χ4v) is 8.60. The molecule has 2 fully saturated rings. The summed E-state index contributed by atoms with van der Waals surface area (Å²) in [6.45, 7) is 6.07. The first-order valence-electron chi connectivity index (χ1n) is 22.6. The second-order valence-electron chi connectivity index (χ2n) is 15.7. The van der Waals surface area contributed by atoms with E-state index in [4.69, 9.17) is 47.5 Å². The third-order valence-corrected chi connectivity index (χ3v) is 12.3. The number of ether oxygens (including phenoxy) is 7. The summed E-state index contributed by atoms with van der Waals surface area (Å²) >= 11 is 10.1. The molecule has 3 aromatic heterocycles. The van der Waals surface area contributed by atoms with Crippen LogP contribution in [0.2, 0.25) is 0 Å². The van der Waals surface area contributed by atoms with Gasteiger partial charge in [0.1, 0.15) is 52.5 Å². The lowest BCUT2D eigenvalue weighted by Gasteiger charge is -2.29. The summed E-state index contributed by atoms with van der Waals surface area (Å²) in [7, 11) is 4.91. The molecule has 21 heteroatoms. The van der Waals surface area contributed by atoms with Crippen molar-refractivity contribution in [2.75, 3.05) is 65.7 Å². The summed E-state index contributed by atoms with van der Waals surface area (Å²) in [4.78, 5) is 2.25. The van der Waals surface area contributed by atoms with Crippen molar-refractivity contribution in [1.82, 2.24) is 30.9 Å². The van der Waals surface area contributed by atoms with Gasteiger partial charge in [0.25, 0.3) is 0 Å². The van der Waals surface area contributed by atoms with Crippen LogP contribution < -0.4 is 28.6 Å². The molecule has 9 aromatic rings. The number of rotatable bonds is 11. The summed E-state index contributed by atoms with van der Waals surface area (Å²) < 4.78 is 54.4. The molecule has 0 bridgehead atoms. The Bertz CT molecular complexity index is 2990. The van der Waals surface area contributed by atoms with Crippen LogP contribution in [0.15, 0.2) is 136 Å². The number of methoxy groups -OCH3 is 3. The molecular formula is C51H52Br3N7O11. The molecule has 0 saturated carbocycles. The number of hydrogen-bond acceptors (Lipinski definition) is 18. The van der Waals surface area contributed by atoms with Gasteiger partial charge in [-0.3, -0.25) is 0 Å². The van der Waals surface area contributed by atoms with Gasteiger partial charge in [-0.2, -0.15) is 0 Å². The van der Waals surface area contributed by atoms with E-state index in [2.05, 4.69) is 88.3 Å². The van der Waals surface area contributed by atoms with E-state index in [9.17, 15) is 0 Å². The second-order valence-corrected chi connectivity index (χ2v) is 18.4. The molecule has 18 nitrogen and oxygen atoms in total. The van der Waals surface area contributed by atoms with Crippen LogP contribution in [-0.2, 0) is 29.3 Å². The Labute approximate surface area is 440 Å². The topological polar surface area (TPSA) is 205 Å². The summed E-state index contributed by atoms with van der Waals surface area (Å²) in [6.07, 6.45) is 3.93. The van der Waals surface area contributed by atoms with Crippen molar-refractivity contribution in [2.24, 2.45) is 0 Å². The number of benzene rings is 6. The fourth-order valence-electron chi connectivity index (χ4n) is 6.90. The van der Waals surface area contributed by atoms with Gasteiger partial charge < -0.3 is 43.2 Å². The number of aliphatic hydroxyl groups is 1. The highest BCUT2D eigenvalue weighted by Gasteiger charge is 2.17. The third-order valence-electron chi connectivity index (χ3n) is 10.8. The van der Waals surface area contributed by atoms with Crippen LogP contribution in [0.4, 0.5) is 5.69 Å². The van der Waals surface area contributed by atoms with Gasteiger partial charge in [0.15, 0.2) is 22.5 Å². The Balaban J connectivity index is 0.000000143. The van der Waals surface area contributed by atoms with E-state index in [1.54, 1.807) is 21.3 Å². The van der Waals surface area contributed by atoms with E-state index in [0.717, 1.165) is 104 Å². The number of morpholine rings is 1. The molecule has 2 aliphatic heterocycles. The molecule has 6 aromatic carbocycles. The zero-order valence-corrected chi connectivity index (χ0v) is 44.4. The number of halogens is 3. The first-order chi connectivity index (χ1) is 35.2. The minimum atomic E-state index is 0.0873. The van der Waals surface area contributed by atoms with Crippen molar-refractivity contribution in [2.45, 2.75) is 39.1 Å². The lowest BCUT2D eigenvalue weighted by molar-refractivity contribution is 0.0968. The Morgan fingerprint density at radius 1 is 0.486 bits per heavy atom. The van der Waals surface area contributed by atoms with Crippen molar-refractivity contribution >= 4 is 86.6 Å². The average molecular weight is 1180 g/mol. The van der Waals surface area contributed by atoms with Crippen molar-refractivity contribution < 1.29 is 52.2 Å². The predicted octanol–water partition coefficient (Wildman–Crippen LogP) is 11.3. The maximum Gasteiger partial charge on any atom is 0.177 e. The maximum absolute atomic E-state index is 8.66. The quantitative estimate of drug-likeness (QED) is 0.128. The third kappa shape index (κ3) is 15.8. The van der Waals surface area contributed by atoms with Gasteiger partial charge in [0.05, 0.1) is 45.6 Å². The largest absolute Gasteiger partial charge is 0.497 e. The minimum absolute atomic E-state index is 0.0873. The molecule has 0 atom stereocenters. The Kier molecular flexibility index (Phi) is 20.8. The Morgan fingerprint density at radius 3 is 1.38 bits per heavy atom. The van der Waals surface area contributed by atoms with Crippen molar-refractivity contribution in [3.05, 3.63) is 139 Å². The number of hydrogen-bond donors (Lipinski definition) is 1. The summed E-state index contributed by atoms with van der Waals surface area (Å²) in [5.74, 6) is 3.75. The summed E-state index contributed by atoms with van der Waals surface area (Å²) in [6, 6.07) is 34.2. The van der Waals surface area contributed by atoms with E-state index in [0.29, 0.717) is 46.8 Å². The zero-order valence-electron chi connectivity index (χ0n) is 39.7. The van der Waals surface area contributed by atoms with E-state index in [-0.39, 0.29) is 6.61 Å². The van der Waals surface area contributed by atoms with Crippen LogP contribution in [0.1, 0.15) is 36.0 Å². The van der Waals surface area contributed by atoms with E-state index < -0.39 is 0 Å². The van der Waals surface area contributed by atoms with Crippen LogP contribution in [0.3, 0.4) is 0 Å². The standard InChI is InChI=1S/C18H19N3O4.C14H11BrN2O3.C8H10O2.C6H2Br2N2O.C5H10O/c1-22-15-4-2-13(3-5-15)12-24-17-11-14(21-6-8-23-9-7-21)10-16-18(17)20-25-19-16;1-18-11-4-2-9(3-5-11)8-19-13-7-10(15)6-12-14(13)17-20-16-12;1-10-8-4-2-7(6-9)3-5-8;7-3-1-4(8)6-5(2-3)9-11-10-6;1-2-4-6-5-3-1/h2-5,10-11H,6-9,12H2,1H3;2-7H,8H2,1H3;2-5,9H,6H2,1H3;1-2H;1-5H2. The highest BCUT2D eigenvalue weighted by Crippen LogP contribution is 2.32. The first-order valence-corrected chi connectivity index (χ1v) is 25.0. The van der Waals surface area contributed by atoms with Gasteiger partial charge in [-0.15, -0.1) is 0 Å². The number of anilines is 1. The number of nitrogens with zero attached hydrogens (tertiary/aromatic N) is 7. The molecule has 0 aliphatic carbocycles. The maximum atomic E-state index is 8.66. The van der Waals surface area contributed by atoms with Crippen LogP contribution in [0.5, 0.6) is 28.7 Å². The average Bonchev–Trinajstić information content (AvgIpc) is 4.24. The van der Waals surface area contributed by atoms with Crippen LogP contribution >= 0.6 is 47.8 Å². The van der Waals surface area contributed by atoms with Gasteiger partial charge in [-0.1, -0.05) is 68.3 Å². The van der Waals surface area contributed by atoms with E-state index >= 15 is 0 Å². The number of fused-ring (bicyclic) bond motifs is 3. The lowest BCUT2D eigenvalue weighted by Crippen LogP contribution is -2.36. The molecule has 72 heavy (non-hydrogen) atoms. The lowest BCUT2D eigenvalue weighted by atomic mass is 10.2.